The zero-order chi connectivity index (χ0) is 18.0. The first-order chi connectivity index (χ1) is 12.8. The Morgan fingerprint density at radius 2 is 1.46 bits per heavy atom. The van der Waals surface area contributed by atoms with Gasteiger partial charge >= 0.3 is 0 Å². The van der Waals surface area contributed by atoms with E-state index in [2.05, 4.69) is 12.1 Å². The van der Waals surface area contributed by atoms with Gasteiger partial charge in [0.05, 0.1) is 12.2 Å². The fourth-order valence-corrected chi connectivity index (χ4v) is 2.69. The number of ether oxygens (including phenoxy) is 2. The van der Waals surface area contributed by atoms with E-state index in [1.807, 2.05) is 54.6 Å². The van der Waals surface area contributed by atoms with Crippen LogP contribution in [-0.2, 0) is 13.0 Å². The molecule has 3 nitrogen and oxygen atoms in total. The summed E-state index contributed by atoms with van der Waals surface area (Å²) < 4.78 is 11.5. The van der Waals surface area contributed by atoms with Crippen molar-refractivity contribution in [2.45, 2.75) is 19.4 Å². The molecule has 0 fully saturated rings. The van der Waals surface area contributed by atoms with E-state index in [0.717, 1.165) is 24.7 Å². The van der Waals surface area contributed by atoms with E-state index in [4.69, 9.17) is 9.47 Å². The smallest absolute Gasteiger partial charge is 0.153 e. The molecular formula is C23H22O3. The molecule has 0 aliphatic carbocycles. The molecule has 3 heteroatoms. The minimum Gasteiger partial charge on any atom is -0.494 e. The molecule has 0 saturated heterocycles. The summed E-state index contributed by atoms with van der Waals surface area (Å²) in [6.45, 7) is 1.04. The first kappa shape index (κ1) is 17.7. The molecule has 0 radical (unpaired) electrons. The van der Waals surface area contributed by atoms with Gasteiger partial charge in [0.25, 0.3) is 0 Å². The Kier molecular flexibility index (Phi) is 6.43. The molecule has 0 heterocycles. The summed E-state index contributed by atoms with van der Waals surface area (Å²) in [6, 6.07) is 25.6. The predicted octanol–water partition coefficient (Wildman–Crippen LogP) is 5.09. The third kappa shape index (κ3) is 5.21. The second kappa shape index (κ2) is 9.42. The van der Waals surface area contributed by atoms with Crippen LogP contribution in [-0.4, -0.2) is 12.9 Å². The fraction of sp³-hybridized carbons (Fsp3) is 0.174. The maximum atomic E-state index is 11.4. The summed E-state index contributed by atoms with van der Waals surface area (Å²) in [5.74, 6) is 1.26. The molecule has 0 aliphatic rings. The highest BCUT2D eigenvalue weighted by molar-refractivity contribution is 5.80. The average molecular weight is 346 g/mol. The topological polar surface area (TPSA) is 35.5 Å². The van der Waals surface area contributed by atoms with Crippen molar-refractivity contribution >= 4 is 6.29 Å². The minimum absolute atomic E-state index is 0.430. The molecule has 3 aromatic carbocycles. The van der Waals surface area contributed by atoms with Crippen molar-refractivity contribution < 1.29 is 14.3 Å². The van der Waals surface area contributed by atoms with Crippen LogP contribution in [0, 0.1) is 0 Å². The molecule has 26 heavy (non-hydrogen) atoms. The summed E-state index contributed by atoms with van der Waals surface area (Å²) in [4.78, 5) is 11.4. The lowest BCUT2D eigenvalue weighted by molar-refractivity contribution is 0.111. The Hall–Kier alpha value is -3.07. The molecule has 0 amide bonds. The van der Waals surface area contributed by atoms with Gasteiger partial charge in [-0.25, -0.2) is 0 Å². The molecular weight excluding hydrogens is 324 g/mol. The van der Waals surface area contributed by atoms with Crippen LogP contribution < -0.4 is 9.47 Å². The zero-order valence-corrected chi connectivity index (χ0v) is 14.6. The minimum atomic E-state index is 0.430. The maximum Gasteiger partial charge on any atom is 0.153 e. The molecule has 0 unspecified atom stereocenters. The number of carbonyl (C=O) groups is 1. The van der Waals surface area contributed by atoms with Gasteiger partial charge in [0, 0.05) is 0 Å². The molecule has 0 N–H and O–H groups in total. The van der Waals surface area contributed by atoms with Crippen LogP contribution in [0.25, 0.3) is 0 Å². The fourth-order valence-electron chi connectivity index (χ4n) is 2.69. The highest BCUT2D eigenvalue weighted by Crippen LogP contribution is 2.24. The maximum absolute atomic E-state index is 11.4. The van der Waals surface area contributed by atoms with E-state index in [1.165, 1.54) is 5.56 Å². The van der Waals surface area contributed by atoms with E-state index >= 15 is 0 Å². The Labute approximate surface area is 154 Å². The monoisotopic (exact) mass is 346 g/mol. The van der Waals surface area contributed by atoms with Crippen LogP contribution >= 0.6 is 0 Å². The summed E-state index contributed by atoms with van der Waals surface area (Å²) in [5.41, 5.74) is 2.86. The number of rotatable bonds is 9. The Morgan fingerprint density at radius 1 is 0.769 bits per heavy atom. The third-order valence-corrected chi connectivity index (χ3v) is 4.07. The first-order valence-corrected chi connectivity index (χ1v) is 8.78. The van der Waals surface area contributed by atoms with Crippen molar-refractivity contribution in [3.63, 3.8) is 0 Å². The second-order valence-corrected chi connectivity index (χ2v) is 6.03. The van der Waals surface area contributed by atoms with Gasteiger partial charge in [-0.15, -0.1) is 0 Å². The lowest BCUT2D eigenvalue weighted by Gasteiger charge is -2.11. The van der Waals surface area contributed by atoms with Crippen LogP contribution in [0.15, 0.2) is 78.9 Å². The van der Waals surface area contributed by atoms with Gasteiger partial charge in [-0.2, -0.15) is 0 Å². The standard InChI is InChI=1S/C23H22O3/c24-17-21-16-22(25-15-7-12-19-8-3-1-4-9-19)13-14-23(21)26-18-20-10-5-2-6-11-20/h1-6,8-11,13-14,16-17H,7,12,15,18H2. The summed E-state index contributed by atoms with van der Waals surface area (Å²) in [7, 11) is 0. The lowest BCUT2D eigenvalue weighted by atomic mass is 10.1. The van der Waals surface area contributed by atoms with Gasteiger partial charge in [-0.1, -0.05) is 60.7 Å². The lowest BCUT2D eigenvalue weighted by Crippen LogP contribution is -2.02. The number of carbonyl (C=O) groups excluding carboxylic acids is 1. The van der Waals surface area contributed by atoms with E-state index in [1.54, 1.807) is 12.1 Å². The van der Waals surface area contributed by atoms with Crippen LogP contribution in [0.4, 0.5) is 0 Å². The highest BCUT2D eigenvalue weighted by Gasteiger charge is 2.06. The Morgan fingerprint density at radius 3 is 2.15 bits per heavy atom. The third-order valence-electron chi connectivity index (χ3n) is 4.07. The first-order valence-electron chi connectivity index (χ1n) is 8.78. The SMILES string of the molecule is O=Cc1cc(OCCCc2ccccc2)ccc1OCc1ccccc1. The van der Waals surface area contributed by atoms with Gasteiger partial charge in [-0.05, 0) is 42.2 Å². The van der Waals surface area contributed by atoms with E-state index in [9.17, 15) is 4.79 Å². The van der Waals surface area contributed by atoms with E-state index < -0.39 is 0 Å². The normalized spacial score (nSPS) is 10.3. The summed E-state index contributed by atoms with van der Waals surface area (Å²) in [6.07, 6.45) is 2.70. The number of aryl methyl sites for hydroxylation is 1. The summed E-state index contributed by atoms with van der Waals surface area (Å²) in [5, 5.41) is 0. The van der Waals surface area contributed by atoms with Gasteiger partial charge in [0.1, 0.15) is 18.1 Å². The van der Waals surface area contributed by atoms with Crippen molar-refractivity contribution in [3.05, 3.63) is 95.6 Å². The molecule has 0 aliphatic heterocycles. The van der Waals surface area contributed by atoms with Crippen LogP contribution in [0.5, 0.6) is 11.5 Å². The number of hydrogen-bond donors (Lipinski definition) is 0. The van der Waals surface area contributed by atoms with Gasteiger partial charge in [-0.3, -0.25) is 4.79 Å². The van der Waals surface area contributed by atoms with Crippen molar-refractivity contribution in [1.82, 2.24) is 0 Å². The van der Waals surface area contributed by atoms with Crippen molar-refractivity contribution in [2.24, 2.45) is 0 Å². The van der Waals surface area contributed by atoms with Gasteiger partial charge in [0.15, 0.2) is 6.29 Å². The van der Waals surface area contributed by atoms with E-state index in [-0.39, 0.29) is 0 Å². The molecule has 0 spiro atoms. The molecule has 0 aromatic heterocycles. The number of hydrogen-bond acceptors (Lipinski definition) is 3. The average Bonchev–Trinajstić information content (AvgIpc) is 2.71. The predicted molar refractivity (Wildman–Crippen MR) is 103 cm³/mol. The van der Waals surface area contributed by atoms with Crippen LogP contribution in [0.3, 0.4) is 0 Å². The van der Waals surface area contributed by atoms with Gasteiger partial charge < -0.3 is 9.47 Å². The second-order valence-electron chi connectivity index (χ2n) is 6.03. The molecule has 0 saturated carbocycles. The molecule has 132 valence electrons. The zero-order valence-electron chi connectivity index (χ0n) is 14.6. The van der Waals surface area contributed by atoms with Gasteiger partial charge in [0.2, 0.25) is 0 Å². The van der Waals surface area contributed by atoms with Crippen LogP contribution in [0.2, 0.25) is 0 Å². The van der Waals surface area contributed by atoms with Crippen molar-refractivity contribution in [1.29, 1.82) is 0 Å². The molecule has 0 atom stereocenters. The number of benzene rings is 3. The Bertz CT molecular complexity index is 813. The largest absolute Gasteiger partial charge is 0.494 e. The van der Waals surface area contributed by atoms with Crippen molar-refractivity contribution in [2.75, 3.05) is 6.61 Å². The molecule has 3 rings (SSSR count). The quantitative estimate of drug-likeness (QED) is 0.400. The van der Waals surface area contributed by atoms with Crippen molar-refractivity contribution in [3.8, 4) is 11.5 Å². The highest BCUT2D eigenvalue weighted by atomic mass is 16.5. The summed E-state index contributed by atoms with van der Waals surface area (Å²) >= 11 is 0. The van der Waals surface area contributed by atoms with Crippen LogP contribution in [0.1, 0.15) is 27.9 Å². The number of aldehydes is 1. The Balaban J connectivity index is 1.52. The molecule has 3 aromatic rings. The molecule has 0 bridgehead atoms. The van der Waals surface area contributed by atoms with E-state index in [0.29, 0.717) is 30.3 Å².